The van der Waals surface area contributed by atoms with Crippen molar-refractivity contribution in [3.63, 3.8) is 0 Å². The first-order valence-electron chi connectivity index (χ1n) is 6.18. The van der Waals surface area contributed by atoms with Gasteiger partial charge in [0.2, 0.25) is 5.91 Å². The topological polar surface area (TPSA) is 66.4 Å². The maximum Gasteiger partial charge on any atom is 0.307 e. The first-order valence-corrected chi connectivity index (χ1v) is 6.18. The van der Waals surface area contributed by atoms with Gasteiger partial charge in [-0.05, 0) is 25.7 Å². The van der Waals surface area contributed by atoms with Crippen LogP contribution in [0.2, 0.25) is 0 Å². The van der Waals surface area contributed by atoms with Crippen LogP contribution in [0.3, 0.4) is 0 Å². The zero-order chi connectivity index (χ0) is 13.4. The number of hydrogen-bond acceptors (Lipinski definition) is 2. The minimum Gasteiger partial charge on any atom is -0.481 e. The quantitative estimate of drug-likeness (QED) is 0.774. The lowest BCUT2D eigenvalue weighted by Gasteiger charge is -2.26. The highest BCUT2D eigenvalue weighted by atomic mass is 16.4. The smallest absolute Gasteiger partial charge is 0.307 e. The van der Waals surface area contributed by atoms with Gasteiger partial charge in [0, 0.05) is 5.54 Å². The van der Waals surface area contributed by atoms with E-state index >= 15 is 0 Å². The summed E-state index contributed by atoms with van der Waals surface area (Å²) >= 11 is 0. The number of carbonyl (C=O) groups is 2. The van der Waals surface area contributed by atoms with E-state index in [0.717, 1.165) is 12.8 Å². The molecule has 1 aliphatic rings. The fourth-order valence-electron chi connectivity index (χ4n) is 2.69. The molecule has 0 aromatic heterocycles. The van der Waals surface area contributed by atoms with Crippen molar-refractivity contribution in [1.82, 2.24) is 5.32 Å². The van der Waals surface area contributed by atoms with E-state index in [4.69, 9.17) is 5.11 Å². The molecule has 0 bridgehead atoms. The summed E-state index contributed by atoms with van der Waals surface area (Å²) in [6, 6.07) is 0. The molecule has 2 unspecified atom stereocenters. The average molecular weight is 241 g/mol. The van der Waals surface area contributed by atoms with E-state index in [1.54, 1.807) is 0 Å². The molecule has 0 aromatic carbocycles. The number of aliphatic carboxylic acids is 1. The van der Waals surface area contributed by atoms with Gasteiger partial charge in [0.15, 0.2) is 0 Å². The van der Waals surface area contributed by atoms with Crippen LogP contribution in [0.5, 0.6) is 0 Å². The monoisotopic (exact) mass is 241 g/mol. The van der Waals surface area contributed by atoms with Gasteiger partial charge in [-0.15, -0.1) is 0 Å². The maximum absolute atomic E-state index is 12.1. The molecule has 4 nitrogen and oxygen atoms in total. The Balaban J connectivity index is 2.65. The van der Waals surface area contributed by atoms with Gasteiger partial charge in [-0.1, -0.05) is 27.2 Å². The van der Waals surface area contributed by atoms with Crippen molar-refractivity contribution in [2.75, 3.05) is 0 Å². The molecule has 0 heterocycles. The summed E-state index contributed by atoms with van der Waals surface area (Å²) in [6.07, 6.45) is 1.88. The molecule has 1 amide bonds. The number of nitrogens with one attached hydrogen (secondary N) is 1. The number of carboxylic acids is 1. The Morgan fingerprint density at radius 1 is 1.29 bits per heavy atom. The Morgan fingerprint density at radius 3 is 2.18 bits per heavy atom. The SMILES string of the molecule is CCCC(C)(C)NC(=O)C1C(C(=O)O)C1(C)C. The van der Waals surface area contributed by atoms with E-state index in [0.29, 0.717) is 0 Å². The second-order valence-corrected chi connectivity index (χ2v) is 6.24. The lowest BCUT2D eigenvalue weighted by Crippen LogP contribution is -2.44. The average Bonchev–Trinajstić information content (AvgIpc) is 2.67. The van der Waals surface area contributed by atoms with E-state index < -0.39 is 23.2 Å². The molecular formula is C13H23NO3. The number of carboxylic acid groups (broad SMARTS) is 1. The molecule has 2 N–H and O–H groups in total. The van der Waals surface area contributed by atoms with Crippen molar-refractivity contribution < 1.29 is 14.7 Å². The van der Waals surface area contributed by atoms with Crippen molar-refractivity contribution in [2.45, 2.75) is 53.0 Å². The predicted molar refractivity (Wildman–Crippen MR) is 65.5 cm³/mol. The molecule has 17 heavy (non-hydrogen) atoms. The molecule has 1 rings (SSSR count). The van der Waals surface area contributed by atoms with Crippen LogP contribution in [0.4, 0.5) is 0 Å². The van der Waals surface area contributed by atoms with Gasteiger partial charge in [0.05, 0.1) is 11.8 Å². The Kier molecular flexibility index (Phi) is 3.55. The minimum absolute atomic E-state index is 0.124. The Morgan fingerprint density at radius 2 is 1.82 bits per heavy atom. The molecule has 0 saturated heterocycles. The molecule has 98 valence electrons. The van der Waals surface area contributed by atoms with E-state index in [1.807, 2.05) is 27.7 Å². The number of hydrogen-bond donors (Lipinski definition) is 2. The Bertz CT molecular complexity index is 334. The highest BCUT2D eigenvalue weighted by Crippen LogP contribution is 2.58. The van der Waals surface area contributed by atoms with Gasteiger partial charge in [0.1, 0.15) is 0 Å². The summed E-state index contributed by atoms with van der Waals surface area (Å²) in [7, 11) is 0. The van der Waals surface area contributed by atoms with Crippen molar-refractivity contribution in [2.24, 2.45) is 17.3 Å². The third-order valence-electron chi connectivity index (χ3n) is 3.71. The van der Waals surface area contributed by atoms with Crippen LogP contribution in [0.25, 0.3) is 0 Å². The van der Waals surface area contributed by atoms with E-state index in [-0.39, 0.29) is 11.4 Å². The third-order valence-corrected chi connectivity index (χ3v) is 3.71. The van der Waals surface area contributed by atoms with E-state index in [9.17, 15) is 9.59 Å². The minimum atomic E-state index is -0.872. The molecule has 2 atom stereocenters. The van der Waals surface area contributed by atoms with E-state index in [2.05, 4.69) is 12.2 Å². The summed E-state index contributed by atoms with van der Waals surface area (Å²) in [5.41, 5.74) is -0.675. The summed E-state index contributed by atoms with van der Waals surface area (Å²) in [6.45, 7) is 9.68. The second kappa shape index (κ2) is 4.31. The van der Waals surface area contributed by atoms with Crippen molar-refractivity contribution >= 4 is 11.9 Å². The molecule has 0 aliphatic heterocycles. The third kappa shape index (κ3) is 2.79. The Labute approximate surface area is 103 Å². The second-order valence-electron chi connectivity index (χ2n) is 6.24. The molecular weight excluding hydrogens is 218 g/mol. The van der Waals surface area contributed by atoms with Crippen LogP contribution in [-0.4, -0.2) is 22.5 Å². The van der Waals surface area contributed by atoms with E-state index in [1.165, 1.54) is 0 Å². The molecule has 4 heteroatoms. The Hall–Kier alpha value is -1.06. The van der Waals surface area contributed by atoms with Crippen LogP contribution in [0.1, 0.15) is 47.5 Å². The fourth-order valence-corrected chi connectivity index (χ4v) is 2.69. The van der Waals surface area contributed by atoms with Crippen molar-refractivity contribution in [3.8, 4) is 0 Å². The van der Waals surface area contributed by atoms with Crippen LogP contribution in [-0.2, 0) is 9.59 Å². The fraction of sp³-hybridized carbons (Fsp3) is 0.846. The normalized spacial score (nSPS) is 26.4. The van der Waals surface area contributed by atoms with Gasteiger partial charge >= 0.3 is 5.97 Å². The lowest BCUT2D eigenvalue weighted by atomic mass is 9.98. The van der Waals surface area contributed by atoms with Crippen LogP contribution in [0.15, 0.2) is 0 Å². The number of carbonyl (C=O) groups excluding carboxylic acids is 1. The van der Waals surface area contributed by atoms with Crippen LogP contribution < -0.4 is 5.32 Å². The maximum atomic E-state index is 12.1. The van der Waals surface area contributed by atoms with Gasteiger partial charge in [0.25, 0.3) is 0 Å². The highest BCUT2D eigenvalue weighted by molar-refractivity contribution is 5.91. The summed E-state index contributed by atoms with van der Waals surface area (Å²) in [5, 5.41) is 12.0. The zero-order valence-electron chi connectivity index (χ0n) is 11.3. The first kappa shape index (κ1) is 14.0. The van der Waals surface area contributed by atoms with Crippen LogP contribution in [0, 0.1) is 17.3 Å². The van der Waals surface area contributed by atoms with Crippen LogP contribution >= 0.6 is 0 Å². The largest absolute Gasteiger partial charge is 0.481 e. The molecule has 0 spiro atoms. The lowest BCUT2D eigenvalue weighted by molar-refractivity contribution is -0.140. The number of amides is 1. The molecule has 0 aromatic rings. The number of rotatable bonds is 5. The zero-order valence-corrected chi connectivity index (χ0v) is 11.3. The highest BCUT2D eigenvalue weighted by Gasteiger charge is 2.66. The van der Waals surface area contributed by atoms with Crippen molar-refractivity contribution in [3.05, 3.63) is 0 Å². The predicted octanol–water partition coefficient (Wildman–Crippen LogP) is 2.04. The summed E-state index contributed by atoms with van der Waals surface area (Å²) in [5.74, 6) is -1.93. The van der Waals surface area contributed by atoms with Gasteiger partial charge in [-0.2, -0.15) is 0 Å². The molecule has 1 aliphatic carbocycles. The van der Waals surface area contributed by atoms with Gasteiger partial charge in [-0.3, -0.25) is 9.59 Å². The van der Waals surface area contributed by atoms with Crippen molar-refractivity contribution in [1.29, 1.82) is 0 Å². The molecule has 1 fully saturated rings. The molecule has 0 radical (unpaired) electrons. The first-order chi connectivity index (χ1) is 7.63. The summed E-state index contributed by atoms with van der Waals surface area (Å²) in [4.78, 5) is 23.1. The standard InChI is InChI=1S/C13H23NO3/c1-6-7-12(2,3)14-10(15)8-9(11(16)17)13(8,4)5/h8-9H,6-7H2,1-5H3,(H,14,15)(H,16,17). The van der Waals surface area contributed by atoms with Gasteiger partial charge < -0.3 is 10.4 Å². The van der Waals surface area contributed by atoms with Gasteiger partial charge in [-0.25, -0.2) is 0 Å². The summed E-state index contributed by atoms with van der Waals surface area (Å²) < 4.78 is 0. The molecule has 1 saturated carbocycles.